The van der Waals surface area contributed by atoms with E-state index in [9.17, 15) is 4.79 Å². The highest BCUT2D eigenvalue weighted by molar-refractivity contribution is 9.10. The Hall–Kier alpha value is -1.88. The summed E-state index contributed by atoms with van der Waals surface area (Å²) in [5, 5.41) is 2.88. The van der Waals surface area contributed by atoms with Crippen molar-refractivity contribution in [3.05, 3.63) is 52.8 Å². The van der Waals surface area contributed by atoms with Gasteiger partial charge in [-0.05, 0) is 46.1 Å². The average Bonchev–Trinajstić information content (AvgIpc) is 2.49. The molecule has 2 aromatic rings. The molecular weight excluding hydrogens is 320 g/mol. The van der Waals surface area contributed by atoms with Gasteiger partial charge in [-0.1, -0.05) is 18.2 Å². The van der Waals surface area contributed by atoms with Gasteiger partial charge in [-0.25, -0.2) is 4.98 Å². The van der Waals surface area contributed by atoms with Crippen LogP contribution in [0.2, 0.25) is 0 Å². The maximum atomic E-state index is 12.3. The summed E-state index contributed by atoms with van der Waals surface area (Å²) in [6.45, 7) is 0.403. The number of amides is 1. The zero-order valence-corrected chi connectivity index (χ0v) is 12.3. The molecule has 0 bridgehead atoms. The van der Waals surface area contributed by atoms with E-state index in [1.54, 1.807) is 12.3 Å². The quantitative estimate of drug-likeness (QED) is 0.860. The van der Waals surface area contributed by atoms with E-state index in [4.69, 9.17) is 4.74 Å². The third kappa shape index (κ3) is 2.67. The molecule has 0 saturated heterocycles. The highest BCUT2D eigenvalue weighted by Crippen LogP contribution is 2.28. The Morgan fingerprint density at radius 1 is 1.30 bits per heavy atom. The maximum Gasteiger partial charge on any atom is 0.231 e. The lowest BCUT2D eigenvalue weighted by Gasteiger charge is -2.24. The molecule has 1 atom stereocenters. The van der Waals surface area contributed by atoms with Crippen molar-refractivity contribution in [2.24, 2.45) is 5.92 Å². The highest BCUT2D eigenvalue weighted by atomic mass is 79.9. The minimum absolute atomic E-state index is 0.0480. The third-order valence-corrected chi connectivity index (χ3v) is 3.90. The second-order valence-electron chi connectivity index (χ2n) is 4.65. The van der Waals surface area contributed by atoms with Gasteiger partial charge >= 0.3 is 0 Å². The van der Waals surface area contributed by atoms with Gasteiger partial charge < -0.3 is 10.1 Å². The van der Waals surface area contributed by atoms with Crippen LogP contribution in [0.5, 0.6) is 5.75 Å². The number of hydrogen-bond acceptors (Lipinski definition) is 3. The Morgan fingerprint density at radius 3 is 3.00 bits per heavy atom. The van der Waals surface area contributed by atoms with E-state index < -0.39 is 0 Å². The fourth-order valence-corrected chi connectivity index (χ4v) is 2.56. The monoisotopic (exact) mass is 332 g/mol. The molecule has 0 spiro atoms. The van der Waals surface area contributed by atoms with Gasteiger partial charge in [0, 0.05) is 6.20 Å². The maximum absolute atomic E-state index is 12.3. The van der Waals surface area contributed by atoms with E-state index in [2.05, 4.69) is 26.2 Å². The number of anilines is 1. The van der Waals surface area contributed by atoms with Gasteiger partial charge in [-0.15, -0.1) is 0 Å². The fourth-order valence-electron chi connectivity index (χ4n) is 2.21. The molecule has 5 heteroatoms. The Labute approximate surface area is 125 Å². The Balaban J connectivity index is 1.72. The molecule has 0 fully saturated rings. The van der Waals surface area contributed by atoms with Crippen molar-refractivity contribution >= 4 is 27.5 Å². The minimum atomic E-state index is -0.183. The average molecular weight is 333 g/mol. The van der Waals surface area contributed by atoms with Gasteiger partial charge in [0.05, 0.1) is 11.6 Å². The molecule has 1 aromatic carbocycles. The lowest BCUT2D eigenvalue weighted by atomic mass is 9.96. The Bertz CT molecular complexity index is 645. The molecule has 20 heavy (non-hydrogen) atoms. The summed E-state index contributed by atoms with van der Waals surface area (Å²) in [6.07, 6.45) is 2.36. The first-order valence-corrected chi connectivity index (χ1v) is 7.15. The van der Waals surface area contributed by atoms with Gasteiger partial charge in [-0.2, -0.15) is 0 Å². The molecule has 0 saturated carbocycles. The number of fused-ring (bicyclic) bond motifs is 1. The topological polar surface area (TPSA) is 51.2 Å². The number of carbonyl (C=O) groups excluding carboxylic acids is 1. The smallest absolute Gasteiger partial charge is 0.231 e. The van der Waals surface area contributed by atoms with Crippen LogP contribution in [0.3, 0.4) is 0 Å². The van der Waals surface area contributed by atoms with Gasteiger partial charge in [0.25, 0.3) is 0 Å². The van der Waals surface area contributed by atoms with E-state index in [1.807, 2.05) is 30.3 Å². The van der Waals surface area contributed by atoms with E-state index in [1.165, 1.54) is 0 Å². The van der Waals surface area contributed by atoms with Gasteiger partial charge in [0.1, 0.15) is 17.0 Å². The first-order valence-electron chi connectivity index (χ1n) is 6.36. The van der Waals surface area contributed by atoms with Crippen molar-refractivity contribution in [3.63, 3.8) is 0 Å². The number of pyridine rings is 1. The third-order valence-electron chi connectivity index (χ3n) is 3.27. The molecule has 1 amide bonds. The zero-order valence-electron chi connectivity index (χ0n) is 10.7. The predicted molar refractivity (Wildman–Crippen MR) is 79.7 cm³/mol. The number of nitrogens with one attached hydrogen (secondary N) is 1. The van der Waals surface area contributed by atoms with Gasteiger partial charge in [0.2, 0.25) is 5.91 Å². The summed E-state index contributed by atoms with van der Waals surface area (Å²) in [5.41, 5.74) is 1.75. The lowest BCUT2D eigenvalue weighted by Crippen LogP contribution is -2.32. The number of halogens is 1. The molecular formula is C15H13BrN2O2. The SMILES string of the molecule is O=C(Nc1cccnc1Br)C1COc2ccccc2C1. The minimum Gasteiger partial charge on any atom is -0.492 e. The van der Waals surface area contributed by atoms with Crippen molar-refractivity contribution < 1.29 is 9.53 Å². The second kappa shape index (κ2) is 5.63. The number of benzene rings is 1. The molecule has 0 radical (unpaired) electrons. The van der Waals surface area contributed by atoms with Crippen molar-refractivity contribution in [2.75, 3.05) is 11.9 Å². The largest absolute Gasteiger partial charge is 0.492 e. The number of hydrogen-bond donors (Lipinski definition) is 1. The van der Waals surface area contributed by atoms with Crippen LogP contribution < -0.4 is 10.1 Å². The summed E-state index contributed by atoms with van der Waals surface area (Å²) in [7, 11) is 0. The van der Waals surface area contributed by atoms with Crippen molar-refractivity contribution in [1.82, 2.24) is 4.98 Å². The number of carbonyl (C=O) groups is 1. The number of ether oxygens (including phenoxy) is 1. The number of nitrogens with zero attached hydrogens (tertiary/aromatic N) is 1. The van der Waals surface area contributed by atoms with Crippen LogP contribution in [-0.4, -0.2) is 17.5 Å². The van der Waals surface area contributed by atoms with E-state index in [-0.39, 0.29) is 11.8 Å². The van der Waals surface area contributed by atoms with Crippen LogP contribution in [0.25, 0.3) is 0 Å². The molecule has 3 rings (SSSR count). The molecule has 0 aliphatic carbocycles. The predicted octanol–water partition coefficient (Wildman–Crippen LogP) is 3.03. The molecule has 102 valence electrons. The van der Waals surface area contributed by atoms with Crippen molar-refractivity contribution in [2.45, 2.75) is 6.42 Å². The molecule has 1 aliphatic rings. The van der Waals surface area contributed by atoms with E-state index >= 15 is 0 Å². The molecule has 2 heterocycles. The Kier molecular flexibility index (Phi) is 3.69. The van der Waals surface area contributed by atoms with Crippen molar-refractivity contribution in [1.29, 1.82) is 0 Å². The molecule has 1 aliphatic heterocycles. The van der Waals surface area contributed by atoms with Crippen molar-refractivity contribution in [3.8, 4) is 5.75 Å². The number of rotatable bonds is 2. The zero-order chi connectivity index (χ0) is 13.9. The Morgan fingerprint density at radius 2 is 2.15 bits per heavy atom. The number of aromatic nitrogens is 1. The second-order valence-corrected chi connectivity index (χ2v) is 5.40. The molecule has 1 unspecified atom stereocenters. The standard InChI is InChI=1S/C15H13BrN2O2/c16-14-12(5-3-7-17-14)18-15(19)11-8-10-4-1-2-6-13(10)20-9-11/h1-7,11H,8-9H2,(H,18,19). The normalized spacial score (nSPS) is 16.9. The number of para-hydroxylation sites is 1. The van der Waals surface area contributed by atoms with Crippen LogP contribution in [0.15, 0.2) is 47.2 Å². The molecule has 1 N–H and O–H groups in total. The van der Waals surface area contributed by atoms with Gasteiger partial charge in [-0.3, -0.25) is 4.79 Å². The summed E-state index contributed by atoms with van der Waals surface area (Å²) in [4.78, 5) is 16.4. The molecule has 4 nitrogen and oxygen atoms in total. The molecule has 1 aromatic heterocycles. The summed E-state index contributed by atoms with van der Waals surface area (Å²) < 4.78 is 6.27. The first-order chi connectivity index (χ1) is 9.74. The van der Waals surface area contributed by atoms with Crippen LogP contribution >= 0.6 is 15.9 Å². The van der Waals surface area contributed by atoms with Crippen LogP contribution in [0.4, 0.5) is 5.69 Å². The summed E-state index contributed by atoms with van der Waals surface area (Å²) in [5.74, 6) is 0.643. The lowest BCUT2D eigenvalue weighted by molar-refractivity contribution is -0.121. The van der Waals surface area contributed by atoms with Gasteiger partial charge in [0.15, 0.2) is 0 Å². The van der Waals surface area contributed by atoms with Crippen LogP contribution in [-0.2, 0) is 11.2 Å². The van der Waals surface area contributed by atoms with E-state index in [0.717, 1.165) is 11.3 Å². The summed E-state index contributed by atoms with van der Waals surface area (Å²) in [6, 6.07) is 11.4. The van der Waals surface area contributed by atoms with E-state index in [0.29, 0.717) is 23.3 Å². The fraction of sp³-hybridized carbons (Fsp3) is 0.200. The van der Waals surface area contributed by atoms with Crippen LogP contribution in [0.1, 0.15) is 5.56 Å². The highest BCUT2D eigenvalue weighted by Gasteiger charge is 2.26. The first kappa shape index (κ1) is 13.1. The van der Waals surface area contributed by atoms with Crippen LogP contribution in [0, 0.1) is 5.92 Å². The summed E-state index contributed by atoms with van der Waals surface area (Å²) >= 11 is 3.32.